The molecule has 0 atom stereocenters. The van der Waals surface area contributed by atoms with Crippen LogP contribution in [0, 0.1) is 29.6 Å². The summed E-state index contributed by atoms with van der Waals surface area (Å²) < 4.78 is 5.08. The molecule has 0 saturated carbocycles. The monoisotopic (exact) mass is 262 g/mol. The van der Waals surface area contributed by atoms with Crippen LogP contribution >= 0.6 is 0 Å². The Morgan fingerprint density at radius 1 is 1.32 bits per heavy atom. The summed E-state index contributed by atoms with van der Waals surface area (Å²) >= 11 is 0. The second kappa shape index (κ2) is 7.71. The van der Waals surface area contributed by atoms with Crippen LogP contribution in [0.5, 0.6) is 0 Å². The first-order valence-corrected chi connectivity index (χ1v) is 6.63. The molecule has 1 aliphatic heterocycles. The van der Waals surface area contributed by atoms with Gasteiger partial charge in [0.05, 0.1) is 6.54 Å². The van der Waals surface area contributed by atoms with Crippen molar-refractivity contribution in [2.24, 2.45) is 5.92 Å². The van der Waals surface area contributed by atoms with Gasteiger partial charge in [-0.15, -0.1) is 0 Å². The molecule has 104 valence electrons. The second-order valence-electron chi connectivity index (χ2n) is 5.45. The molecule has 1 fully saturated rings. The summed E-state index contributed by atoms with van der Waals surface area (Å²) in [5.41, 5.74) is -0.480. The minimum atomic E-state index is -0.480. The van der Waals surface area contributed by atoms with Crippen molar-refractivity contribution >= 4 is 6.09 Å². The highest BCUT2D eigenvalue weighted by molar-refractivity contribution is 5.68. The summed E-state index contributed by atoms with van der Waals surface area (Å²) in [5, 5.41) is 5.86. The molecule has 0 bridgehead atoms. The van der Waals surface area contributed by atoms with Crippen molar-refractivity contribution in [2.75, 3.05) is 19.6 Å². The fourth-order valence-electron chi connectivity index (χ4n) is 1.62. The lowest BCUT2D eigenvalue weighted by Crippen LogP contribution is -2.32. The van der Waals surface area contributed by atoms with Gasteiger partial charge in [0.15, 0.2) is 0 Å². The largest absolute Gasteiger partial charge is 0.444 e. The van der Waals surface area contributed by atoms with Crippen molar-refractivity contribution in [3.05, 3.63) is 0 Å². The predicted molar refractivity (Wildman–Crippen MR) is 75.4 cm³/mol. The molecule has 1 amide bonds. The van der Waals surface area contributed by atoms with Crippen molar-refractivity contribution in [2.45, 2.75) is 39.2 Å². The maximum atomic E-state index is 11.3. The quantitative estimate of drug-likeness (QED) is 0.704. The topological polar surface area (TPSA) is 50.4 Å². The lowest BCUT2D eigenvalue weighted by molar-refractivity contribution is 0.0535. The van der Waals surface area contributed by atoms with Crippen LogP contribution in [0.1, 0.15) is 33.6 Å². The number of nitrogens with one attached hydrogen (secondary N) is 2. The lowest BCUT2D eigenvalue weighted by Gasteiger charge is -2.18. The van der Waals surface area contributed by atoms with E-state index < -0.39 is 11.7 Å². The van der Waals surface area contributed by atoms with E-state index in [9.17, 15) is 4.79 Å². The fourth-order valence-corrected chi connectivity index (χ4v) is 1.62. The van der Waals surface area contributed by atoms with E-state index in [1.165, 1.54) is 0 Å². The zero-order valence-corrected chi connectivity index (χ0v) is 11.9. The number of hydrogen-bond donors (Lipinski definition) is 2. The summed E-state index contributed by atoms with van der Waals surface area (Å²) in [6.07, 6.45) is 1.73. The average Bonchev–Trinajstić information content (AvgIpc) is 2.32. The molecule has 0 aromatic rings. The van der Waals surface area contributed by atoms with Gasteiger partial charge in [-0.05, 0) is 58.5 Å². The molecule has 4 nitrogen and oxygen atoms in total. The van der Waals surface area contributed by atoms with Crippen LogP contribution < -0.4 is 10.6 Å². The highest BCUT2D eigenvalue weighted by atomic mass is 16.6. The molecule has 1 heterocycles. The first-order valence-electron chi connectivity index (χ1n) is 6.63. The SMILES string of the molecule is CC(C)(C)OC(=O)NCC#CC#CC1CCNCC1. The Labute approximate surface area is 115 Å². The molecule has 0 aliphatic carbocycles. The minimum absolute atomic E-state index is 0.260. The second-order valence-corrected chi connectivity index (χ2v) is 5.45. The molecule has 0 unspecified atom stereocenters. The van der Waals surface area contributed by atoms with Gasteiger partial charge in [-0.25, -0.2) is 4.79 Å². The van der Waals surface area contributed by atoms with E-state index in [2.05, 4.69) is 34.3 Å². The van der Waals surface area contributed by atoms with Crippen LogP contribution in [0.25, 0.3) is 0 Å². The Hall–Kier alpha value is -1.65. The molecule has 0 aromatic carbocycles. The number of hydrogen-bond acceptors (Lipinski definition) is 3. The van der Waals surface area contributed by atoms with Gasteiger partial charge in [0.1, 0.15) is 5.60 Å². The van der Waals surface area contributed by atoms with Crippen LogP contribution in [0.4, 0.5) is 4.79 Å². The normalized spacial score (nSPS) is 15.5. The minimum Gasteiger partial charge on any atom is -0.444 e. The third-order valence-electron chi connectivity index (χ3n) is 2.49. The Morgan fingerprint density at radius 2 is 2.00 bits per heavy atom. The predicted octanol–water partition coefficient (Wildman–Crippen LogP) is 1.52. The third kappa shape index (κ3) is 8.13. The standard InChI is InChI=1S/C15H22N2O2/c1-15(2,3)19-14(18)17-10-6-4-5-7-13-8-11-16-12-9-13/h13,16H,8-12H2,1-3H3,(H,17,18). The summed E-state index contributed by atoms with van der Waals surface area (Å²) in [7, 11) is 0. The Kier molecular flexibility index (Phi) is 6.25. The molecule has 1 rings (SSSR count). The molecule has 2 N–H and O–H groups in total. The lowest BCUT2D eigenvalue weighted by atomic mass is 9.99. The van der Waals surface area contributed by atoms with Crippen LogP contribution in [0.15, 0.2) is 0 Å². The smallest absolute Gasteiger partial charge is 0.408 e. The number of carbonyl (C=O) groups excluding carboxylic acids is 1. The number of piperidine rings is 1. The van der Waals surface area contributed by atoms with E-state index >= 15 is 0 Å². The summed E-state index contributed by atoms with van der Waals surface area (Å²) in [6.45, 7) is 7.80. The van der Waals surface area contributed by atoms with Gasteiger partial charge in [0, 0.05) is 5.92 Å². The highest BCUT2D eigenvalue weighted by Crippen LogP contribution is 2.09. The van der Waals surface area contributed by atoms with Gasteiger partial charge >= 0.3 is 6.09 Å². The van der Waals surface area contributed by atoms with E-state index in [0.29, 0.717) is 5.92 Å². The van der Waals surface area contributed by atoms with E-state index in [4.69, 9.17) is 4.74 Å². The van der Waals surface area contributed by atoms with Gasteiger partial charge in [0.25, 0.3) is 0 Å². The Balaban J connectivity index is 2.21. The first kappa shape index (κ1) is 15.4. The van der Waals surface area contributed by atoms with Crippen molar-refractivity contribution in [1.29, 1.82) is 0 Å². The number of alkyl carbamates (subject to hydrolysis) is 1. The summed E-state index contributed by atoms with van der Waals surface area (Å²) in [6, 6.07) is 0. The van der Waals surface area contributed by atoms with Crippen molar-refractivity contribution in [3.63, 3.8) is 0 Å². The first-order chi connectivity index (χ1) is 8.97. The average molecular weight is 262 g/mol. The fraction of sp³-hybridized carbons (Fsp3) is 0.667. The van der Waals surface area contributed by atoms with Gasteiger partial charge in [-0.1, -0.05) is 11.8 Å². The number of carbonyl (C=O) groups is 1. The highest BCUT2D eigenvalue weighted by Gasteiger charge is 2.14. The van der Waals surface area contributed by atoms with Gasteiger partial charge in [-0.2, -0.15) is 0 Å². The molecular formula is C15H22N2O2. The van der Waals surface area contributed by atoms with Crippen LogP contribution in [0.3, 0.4) is 0 Å². The molecule has 0 spiro atoms. The van der Waals surface area contributed by atoms with Crippen LogP contribution in [0.2, 0.25) is 0 Å². The van der Waals surface area contributed by atoms with Crippen molar-refractivity contribution < 1.29 is 9.53 Å². The molecule has 4 heteroatoms. The molecule has 1 saturated heterocycles. The van der Waals surface area contributed by atoms with Crippen LogP contribution in [-0.2, 0) is 4.74 Å². The number of ether oxygens (including phenoxy) is 1. The maximum Gasteiger partial charge on any atom is 0.408 e. The van der Waals surface area contributed by atoms with Gasteiger partial charge in [-0.3, -0.25) is 0 Å². The summed E-state index contributed by atoms with van der Waals surface area (Å²) in [5.74, 6) is 12.0. The van der Waals surface area contributed by atoms with Crippen molar-refractivity contribution in [1.82, 2.24) is 10.6 Å². The zero-order valence-electron chi connectivity index (χ0n) is 11.9. The Morgan fingerprint density at radius 3 is 2.63 bits per heavy atom. The van der Waals surface area contributed by atoms with E-state index in [1.807, 2.05) is 20.8 Å². The molecular weight excluding hydrogens is 240 g/mol. The number of rotatable bonds is 1. The summed E-state index contributed by atoms with van der Waals surface area (Å²) in [4.78, 5) is 11.3. The third-order valence-corrected chi connectivity index (χ3v) is 2.49. The molecule has 0 aromatic heterocycles. The molecule has 1 aliphatic rings. The van der Waals surface area contributed by atoms with E-state index in [0.717, 1.165) is 25.9 Å². The Bertz CT molecular complexity index is 409. The maximum absolute atomic E-state index is 11.3. The van der Waals surface area contributed by atoms with Crippen molar-refractivity contribution in [3.8, 4) is 23.7 Å². The van der Waals surface area contributed by atoms with E-state index in [-0.39, 0.29) is 6.54 Å². The van der Waals surface area contributed by atoms with E-state index in [1.54, 1.807) is 0 Å². The van der Waals surface area contributed by atoms with Gasteiger partial charge in [0.2, 0.25) is 0 Å². The zero-order chi connectivity index (χ0) is 14.1. The van der Waals surface area contributed by atoms with Crippen LogP contribution in [-0.4, -0.2) is 31.3 Å². The number of amides is 1. The van der Waals surface area contributed by atoms with Gasteiger partial charge < -0.3 is 15.4 Å². The molecule has 0 radical (unpaired) electrons. The molecule has 19 heavy (non-hydrogen) atoms.